The molecule has 36 heavy (non-hydrogen) atoms. The van der Waals surface area contributed by atoms with Gasteiger partial charge in [0.05, 0.1) is 40.8 Å². The van der Waals surface area contributed by atoms with Crippen LogP contribution in [0.25, 0.3) is 11.3 Å². The first-order chi connectivity index (χ1) is 17.0. The number of pyridine rings is 2. The topological polar surface area (TPSA) is 111 Å². The molecule has 2 aliphatic heterocycles. The number of carbonyl (C=O) groups is 1. The smallest absolute Gasteiger partial charge is 0.338 e. The van der Waals surface area contributed by atoms with Gasteiger partial charge in [0, 0.05) is 49.6 Å². The number of aromatic nitrogens is 2. The second-order valence-electron chi connectivity index (χ2n) is 8.86. The van der Waals surface area contributed by atoms with Crippen LogP contribution in [0.3, 0.4) is 0 Å². The van der Waals surface area contributed by atoms with E-state index in [1.807, 2.05) is 0 Å². The van der Waals surface area contributed by atoms with Gasteiger partial charge < -0.3 is 19.5 Å². The van der Waals surface area contributed by atoms with Gasteiger partial charge in [0.1, 0.15) is 0 Å². The molecule has 12 heteroatoms. The third kappa shape index (κ3) is 3.82. The average molecular weight is 533 g/mol. The summed E-state index contributed by atoms with van der Waals surface area (Å²) in [5.74, 6) is -1.94. The number of halogens is 2. The lowest BCUT2D eigenvalue weighted by atomic mass is 9.89. The predicted molar refractivity (Wildman–Crippen MR) is 133 cm³/mol. The molecule has 1 atom stereocenters. The molecule has 1 N–H and O–H groups in total. The Balaban J connectivity index is 1.91. The van der Waals surface area contributed by atoms with E-state index >= 15 is 0 Å². The zero-order valence-corrected chi connectivity index (χ0v) is 21.2. The summed E-state index contributed by atoms with van der Waals surface area (Å²) < 4.78 is 46.5. The first kappa shape index (κ1) is 24.3. The molecule has 188 valence electrons. The quantitative estimate of drug-likeness (QED) is 0.596. The Morgan fingerprint density at radius 1 is 1.39 bits per heavy atom. The molecule has 1 aliphatic carbocycles. The monoisotopic (exact) mass is 532 g/mol. The largest absolute Gasteiger partial charge is 0.465 e. The van der Waals surface area contributed by atoms with Crippen LogP contribution < -0.4 is 15.8 Å². The molecule has 9 nitrogen and oxygen atoms in total. The summed E-state index contributed by atoms with van der Waals surface area (Å²) in [4.78, 5) is 32.4. The van der Waals surface area contributed by atoms with Crippen LogP contribution in [0.15, 0.2) is 52.2 Å². The SMILES string of the molecule is COC(=O)C1=C(CS(C)(=O)=O)c2ccn(C)c(=O)c2C2=C3C1=CN(c1ncc(Cl)cc1F)C3CCN2. The van der Waals surface area contributed by atoms with Crippen molar-refractivity contribution < 1.29 is 22.3 Å². The maximum absolute atomic E-state index is 15.0. The van der Waals surface area contributed by atoms with Gasteiger partial charge >= 0.3 is 5.97 Å². The van der Waals surface area contributed by atoms with E-state index in [1.54, 1.807) is 24.2 Å². The summed E-state index contributed by atoms with van der Waals surface area (Å²) in [6.45, 7) is 0.447. The van der Waals surface area contributed by atoms with Gasteiger partial charge in [-0.3, -0.25) is 4.79 Å². The molecule has 0 saturated heterocycles. The lowest BCUT2D eigenvalue weighted by molar-refractivity contribution is -0.135. The van der Waals surface area contributed by atoms with Crippen LogP contribution in [-0.4, -0.2) is 55.6 Å². The van der Waals surface area contributed by atoms with Crippen molar-refractivity contribution in [3.8, 4) is 0 Å². The van der Waals surface area contributed by atoms with Crippen molar-refractivity contribution in [3.63, 3.8) is 0 Å². The molecule has 0 fully saturated rings. The Bertz CT molecular complexity index is 1590. The minimum absolute atomic E-state index is 0.00575. The van der Waals surface area contributed by atoms with Crippen molar-refractivity contribution in [1.82, 2.24) is 14.9 Å². The fraction of sp³-hybridized carbons (Fsp3) is 0.292. The predicted octanol–water partition coefficient (Wildman–Crippen LogP) is 2.03. The summed E-state index contributed by atoms with van der Waals surface area (Å²) in [6, 6.07) is 2.29. The van der Waals surface area contributed by atoms with E-state index in [2.05, 4.69) is 10.3 Å². The Labute approximate surface area is 211 Å². The molecular formula is C24H22ClFN4O5S. The Hall–Kier alpha value is -3.44. The van der Waals surface area contributed by atoms with E-state index in [0.717, 1.165) is 12.3 Å². The van der Waals surface area contributed by atoms with Gasteiger partial charge in [-0.15, -0.1) is 0 Å². The van der Waals surface area contributed by atoms with Crippen LogP contribution >= 0.6 is 11.6 Å². The number of rotatable bonds is 4. The highest BCUT2D eigenvalue weighted by Gasteiger charge is 2.44. The number of nitrogens with one attached hydrogen (secondary N) is 1. The third-order valence-corrected chi connectivity index (χ3v) is 7.48. The highest BCUT2D eigenvalue weighted by atomic mass is 35.5. The average Bonchev–Trinajstić information content (AvgIpc) is 3.13. The lowest BCUT2D eigenvalue weighted by Gasteiger charge is -2.32. The maximum Gasteiger partial charge on any atom is 0.338 e. The van der Waals surface area contributed by atoms with Crippen molar-refractivity contribution in [3.05, 3.63) is 79.8 Å². The van der Waals surface area contributed by atoms with Gasteiger partial charge in [-0.25, -0.2) is 22.6 Å². The number of ether oxygens (including phenoxy) is 1. The number of sulfone groups is 1. The van der Waals surface area contributed by atoms with Crippen molar-refractivity contribution in [1.29, 1.82) is 0 Å². The Morgan fingerprint density at radius 2 is 2.14 bits per heavy atom. The normalized spacial score (nSPS) is 18.9. The van der Waals surface area contributed by atoms with Gasteiger partial charge in [-0.2, -0.15) is 0 Å². The summed E-state index contributed by atoms with van der Waals surface area (Å²) in [7, 11) is -0.864. The number of hydrogen-bond donors (Lipinski definition) is 1. The van der Waals surface area contributed by atoms with Crippen molar-refractivity contribution >= 4 is 44.5 Å². The lowest BCUT2D eigenvalue weighted by Crippen LogP contribution is -2.39. The number of carbonyl (C=O) groups excluding carboxylic acids is 1. The van der Waals surface area contributed by atoms with E-state index in [9.17, 15) is 22.4 Å². The second-order valence-corrected chi connectivity index (χ2v) is 11.4. The highest BCUT2D eigenvalue weighted by Crippen LogP contribution is 2.47. The van der Waals surface area contributed by atoms with Crippen LogP contribution in [0.4, 0.5) is 10.2 Å². The van der Waals surface area contributed by atoms with Gasteiger partial charge in [0.25, 0.3) is 5.56 Å². The molecule has 4 heterocycles. The molecule has 2 aromatic rings. The van der Waals surface area contributed by atoms with Gasteiger partial charge in [0.2, 0.25) is 0 Å². The Morgan fingerprint density at radius 3 is 2.81 bits per heavy atom. The Kier molecular flexibility index (Phi) is 5.79. The third-order valence-electron chi connectivity index (χ3n) is 6.46. The molecule has 1 unspecified atom stereocenters. The zero-order chi connectivity index (χ0) is 25.9. The first-order valence-corrected chi connectivity index (χ1v) is 13.4. The summed E-state index contributed by atoms with van der Waals surface area (Å²) in [5.41, 5.74) is 1.75. The van der Waals surface area contributed by atoms with Crippen molar-refractivity contribution in [2.45, 2.75) is 12.5 Å². The molecular weight excluding hydrogens is 511 g/mol. The van der Waals surface area contributed by atoms with Crippen LogP contribution in [-0.2, 0) is 26.4 Å². The zero-order valence-electron chi connectivity index (χ0n) is 19.6. The molecule has 0 spiro atoms. The minimum Gasteiger partial charge on any atom is -0.465 e. The van der Waals surface area contributed by atoms with Crippen molar-refractivity contribution in [2.24, 2.45) is 7.05 Å². The maximum atomic E-state index is 15.0. The van der Waals surface area contributed by atoms with Crippen molar-refractivity contribution in [2.75, 3.05) is 30.6 Å². The highest BCUT2D eigenvalue weighted by molar-refractivity contribution is 7.91. The van der Waals surface area contributed by atoms with E-state index < -0.39 is 33.4 Å². The molecule has 0 amide bonds. The number of esters is 1. The summed E-state index contributed by atoms with van der Waals surface area (Å²) in [6.07, 6.45) is 5.97. The molecule has 0 saturated carbocycles. The number of aryl methyl sites for hydroxylation is 1. The molecule has 0 aromatic carbocycles. The fourth-order valence-electron chi connectivity index (χ4n) is 5.03. The number of methoxy groups -OCH3 is 1. The number of fused-ring (bicyclic) bond motifs is 2. The van der Waals surface area contributed by atoms with Crippen LogP contribution in [0.5, 0.6) is 0 Å². The number of hydrogen-bond acceptors (Lipinski definition) is 8. The van der Waals surface area contributed by atoms with Crippen LogP contribution in [0, 0.1) is 5.82 Å². The summed E-state index contributed by atoms with van der Waals surface area (Å²) >= 11 is 5.91. The van der Waals surface area contributed by atoms with E-state index in [0.29, 0.717) is 35.4 Å². The molecule has 2 aromatic heterocycles. The van der Waals surface area contributed by atoms with Gasteiger partial charge in [-0.1, -0.05) is 11.6 Å². The van der Waals surface area contributed by atoms with Crippen LogP contribution in [0.1, 0.15) is 17.5 Å². The van der Waals surface area contributed by atoms with Gasteiger partial charge in [-0.05, 0) is 29.7 Å². The number of nitrogens with zero attached hydrogens (tertiary/aromatic N) is 3. The summed E-state index contributed by atoms with van der Waals surface area (Å²) in [5, 5.41) is 3.41. The molecule has 0 bridgehead atoms. The second kappa shape index (κ2) is 8.59. The number of anilines is 1. The fourth-order valence-corrected chi connectivity index (χ4v) is 5.99. The minimum atomic E-state index is -3.65. The van der Waals surface area contributed by atoms with E-state index in [1.165, 1.54) is 24.1 Å². The van der Waals surface area contributed by atoms with E-state index in [-0.39, 0.29) is 33.1 Å². The van der Waals surface area contributed by atoms with Crippen LogP contribution in [0.2, 0.25) is 5.02 Å². The molecule has 3 aliphatic rings. The molecule has 5 rings (SSSR count). The molecule has 0 radical (unpaired) electrons. The van der Waals surface area contributed by atoms with E-state index in [4.69, 9.17) is 16.3 Å². The first-order valence-electron chi connectivity index (χ1n) is 11.0. The van der Waals surface area contributed by atoms with Gasteiger partial charge in [0.15, 0.2) is 21.5 Å². The standard InChI is InChI=1S/C24H22ClFN4O5S/c1-29-7-5-13-15(11-36(3,33)34)18(24(32)35-2)14-10-30(22-16(26)8-12(25)9-28-22)17-4-6-27-21(19(14)17)20(13)23(29)31/h5,7-10,17,27H,4,6,11H2,1-3H3.